The molecule has 152 valence electrons. The van der Waals surface area contributed by atoms with Crippen LogP contribution in [0.1, 0.15) is 29.7 Å². The number of nitrogens with two attached hydrogens (primary N) is 1. The van der Waals surface area contributed by atoms with E-state index in [4.69, 9.17) is 21.0 Å². The molecule has 2 aromatic carbocycles. The average molecular weight is 473 g/mol. The zero-order valence-corrected chi connectivity index (χ0v) is 17.6. The largest absolute Gasteiger partial charge is 0.490 e. The van der Waals surface area contributed by atoms with Crippen molar-refractivity contribution >= 4 is 45.8 Å². The number of halogens is 2. The number of aliphatic hydroxyl groups excluding tert-OH is 1. The van der Waals surface area contributed by atoms with Crippen molar-refractivity contribution in [2.75, 3.05) is 18.5 Å². The van der Waals surface area contributed by atoms with Crippen molar-refractivity contribution in [3.05, 3.63) is 57.6 Å². The van der Waals surface area contributed by atoms with E-state index in [9.17, 15) is 9.90 Å². The molecule has 0 radical (unpaired) electrons. The Bertz CT molecular complexity index is 831. The van der Waals surface area contributed by atoms with E-state index < -0.39 is 12.0 Å². The van der Waals surface area contributed by atoms with Crippen LogP contribution in [0.3, 0.4) is 0 Å². The number of carboxylic acids is 1. The Morgan fingerprint density at radius 1 is 1.32 bits per heavy atom. The fourth-order valence-electron chi connectivity index (χ4n) is 2.58. The van der Waals surface area contributed by atoms with Gasteiger partial charge < -0.3 is 26.0 Å². The SMILES string of the molecule is CCc1cc(Br)c(OCCO)c(C(Nc2ccc(C(=N)N)cc2)C(=O)O)c1.Cl. The summed E-state index contributed by atoms with van der Waals surface area (Å²) in [5.41, 5.74) is 7.97. The molecule has 0 amide bonds. The first kappa shape index (κ1) is 23.7. The van der Waals surface area contributed by atoms with Crippen LogP contribution in [-0.2, 0) is 11.2 Å². The van der Waals surface area contributed by atoms with Crippen LogP contribution >= 0.6 is 28.3 Å². The molecule has 7 nitrogen and oxygen atoms in total. The van der Waals surface area contributed by atoms with Crippen LogP contribution in [0.25, 0.3) is 0 Å². The van der Waals surface area contributed by atoms with Gasteiger partial charge in [-0.3, -0.25) is 5.41 Å². The monoisotopic (exact) mass is 471 g/mol. The van der Waals surface area contributed by atoms with Crippen LogP contribution in [0.15, 0.2) is 40.9 Å². The summed E-state index contributed by atoms with van der Waals surface area (Å²) in [4.78, 5) is 12.0. The average Bonchev–Trinajstić information content (AvgIpc) is 2.64. The van der Waals surface area contributed by atoms with Gasteiger partial charge in [-0.1, -0.05) is 6.92 Å². The standard InChI is InChI=1S/C19H22BrN3O4.ClH/c1-2-11-9-14(17(15(20)10-11)27-8-7-24)16(19(25)26)23-13-5-3-12(4-6-13)18(21)22;/h3-6,9-10,16,23-24H,2,7-8H2,1H3,(H3,21,22)(H,25,26);1H. The highest BCUT2D eigenvalue weighted by Gasteiger charge is 2.26. The molecule has 6 N–H and O–H groups in total. The highest BCUT2D eigenvalue weighted by atomic mass is 79.9. The fourth-order valence-corrected chi connectivity index (χ4v) is 3.21. The van der Waals surface area contributed by atoms with Crippen LogP contribution in [0, 0.1) is 5.41 Å². The summed E-state index contributed by atoms with van der Waals surface area (Å²) in [5, 5.41) is 29.3. The molecule has 0 fully saturated rings. The van der Waals surface area contributed by atoms with Crippen LogP contribution in [-0.4, -0.2) is 35.2 Å². The van der Waals surface area contributed by atoms with Crippen molar-refractivity contribution in [2.45, 2.75) is 19.4 Å². The summed E-state index contributed by atoms with van der Waals surface area (Å²) in [5.74, 6) is -0.753. The summed E-state index contributed by atoms with van der Waals surface area (Å²) in [6.45, 7) is 1.85. The van der Waals surface area contributed by atoms with Gasteiger partial charge in [0.05, 0.1) is 11.1 Å². The molecule has 9 heteroatoms. The van der Waals surface area contributed by atoms with E-state index in [1.165, 1.54) is 0 Å². The number of aryl methyl sites for hydroxylation is 1. The third-order valence-corrected chi connectivity index (χ3v) is 4.53. The second-order valence-corrected chi connectivity index (χ2v) is 6.68. The molecule has 2 aromatic rings. The summed E-state index contributed by atoms with van der Waals surface area (Å²) >= 11 is 3.43. The minimum atomic E-state index is -1.07. The predicted molar refractivity (Wildman–Crippen MR) is 115 cm³/mol. The quantitative estimate of drug-likeness (QED) is 0.281. The smallest absolute Gasteiger partial charge is 0.330 e. The van der Waals surface area contributed by atoms with Crippen molar-refractivity contribution < 1.29 is 19.7 Å². The number of benzene rings is 2. The molecule has 0 aliphatic rings. The van der Waals surface area contributed by atoms with Gasteiger partial charge in [0.1, 0.15) is 18.2 Å². The van der Waals surface area contributed by atoms with E-state index in [1.807, 2.05) is 13.0 Å². The number of anilines is 1. The van der Waals surface area contributed by atoms with Gasteiger partial charge in [0, 0.05) is 16.8 Å². The van der Waals surface area contributed by atoms with Crippen LogP contribution in [0.5, 0.6) is 5.75 Å². The Morgan fingerprint density at radius 3 is 2.46 bits per heavy atom. The Kier molecular flexibility index (Phi) is 9.24. The number of nitrogens with one attached hydrogen (secondary N) is 2. The van der Waals surface area contributed by atoms with Crippen molar-refractivity contribution in [3.8, 4) is 5.75 Å². The molecule has 0 spiro atoms. The summed E-state index contributed by atoms with van der Waals surface area (Å²) in [6.07, 6.45) is 0.728. The first-order valence-electron chi connectivity index (χ1n) is 8.37. The Hall–Kier alpha value is -2.29. The summed E-state index contributed by atoms with van der Waals surface area (Å²) < 4.78 is 6.22. The molecule has 0 bridgehead atoms. The van der Waals surface area contributed by atoms with Gasteiger partial charge in [-0.15, -0.1) is 12.4 Å². The van der Waals surface area contributed by atoms with Crippen LogP contribution in [0.4, 0.5) is 5.69 Å². The van der Waals surface area contributed by atoms with Gasteiger partial charge in [-0.2, -0.15) is 0 Å². The number of hydrogen-bond donors (Lipinski definition) is 5. The van der Waals surface area contributed by atoms with E-state index in [2.05, 4.69) is 21.2 Å². The molecule has 0 aliphatic carbocycles. The van der Waals surface area contributed by atoms with Gasteiger partial charge >= 0.3 is 5.97 Å². The molecule has 0 aliphatic heterocycles. The van der Waals surface area contributed by atoms with Gasteiger partial charge in [-0.25, -0.2) is 4.79 Å². The van der Waals surface area contributed by atoms with E-state index in [0.29, 0.717) is 27.0 Å². The first-order valence-corrected chi connectivity index (χ1v) is 9.16. The second kappa shape index (κ2) is 10.9. The Balaban J connectivity index is 0.00000392. The van der Waals surface area contributed by atoms with E-state index in [0.717, 1.165) is 12.0 Å². The molecule has 2 rings (SSSR count). The van der Waals surface area contributed by atoms with Gasteiger partial charge in [0.2, 0.25) is 0 Å². The first-order chi connectivity index (χ1) is 12.9. The van der Waals surface area contributed by atoms with E-state index >= 15 is 0 Å². The number of rotatable bonds is 9. The lowest BCUT2D eigenvalue weighted by molar-refractivity contribution is -0.138. The van der Waals surface area contributed by atoms with Crippen molar-refractivity contribution in [1.82, 2.24) is 0 Å². The molecule has 1 atom stereocenters. The maximum absolute atomic E-state index is 12.0. The molecule has 0 aromatic heterocycles. The number of nitrogen functional groups attached to an aromatic ring is 1. The number of carboxylic acid groups (broad SMARTS) is 1. The number of carbonyl (C=O) groups is 1. The zero-order valence-electron chi connectivity index (χ0n) is 15.2. The molecule has 28 heavy (non-hydrogen) atoms. The lowest BCUT2D eigenvalue weighted by atomic mass is 10.0. The molecule has 0 saturated heterocycles. The highest BCUT2D eigenvalue weighted by Crippen LogP contribution is 2.36. The van der Waals surface area contributed by atoms with Crippen LogP contribution < -0.4 is 15.8 Å². The number of aliphatic hydroxyl groups is 1. The Morgan fingerprint density at radius 2 is 1.96 bits per heavy atom. The Labute approximate surface area is 178 Å². The molecule has 1 unspecified atom stereocenters. The lowest BCUT2D eigenvalue weighted by Gasteiger charge is -2.21. The number of hydrogen-bond acceptors (Lipinski definition) is 5. The van der Waals surface area contributed by atoms with Crippen molar-refractivity contribution in [3.63, 3.8) is 0 Å². The third-order valence-electron chi connectivity index (χ3n) is 3.94. The second-order valence-electron chi connectivity index (χ2n) is 5.83. The minimum absolute atomic E-state index is 0. The number of ether oxygens (including phenoxy) is 1. The van der Waals surface area contributed by atoms with Gasteiger partial charge in [0.15, 0.2) is 6.04 Å². The van der Waals surface area contributed by atoms with E-state index in [1.54, 1.807) is 30.3 Å². The van der Waals surface area contributed by atoms with Crippen molar-refractivity contribution in [1.29, 1.82) is 5.41 Å². The van der Waals surface area contributed by atoms with Gasteiger partial charge in [-0.05, 0) is 64.3 Å². The normalized spacial score (nSPS) is 11.2. The fraction of sp³-hybridized carbons (Fsp3) is 0.263. The topological polar surface area (TPSA) is 129 Å². The maximum atomic E-state index is 12.0. The summed E-state index contributed by atoms with van der Waals surface area (Å²) in [7, 11) is 0. The molecular weight excluding hydrogens is 450 g/mol. The summed E-state index contributed by atoms with van der Waals surface area (Å²) in [6, 6.07) is 9.21. The van der Waals surface area contributed by atoms with Gasteiger partial charge in [0.25, 0.3) is 0 Å². The maximum Gasteiger partial charge on any atom is 0.330 e. The molecule has 0 heterocycles. The van der Waals surface area contributed by atoms with E-state index in [-0.39, 0.29) is 31.5 Å². The van der Waals surface area contributed by atoms with Crippen molar-refractivity contribution in [2.24, 2.45) is 5.73 Å². The van der Waals surface area contributed by atoms with Crippen LogP contribution in [0.2, 0.25) is 0 Å². The zero-order chi connectivity index (χ0) is 20.0. The number of aliphatic carboxylic acids is 1. The number of amidine groups is 1. The molecule has 0 saturated carbocycles. The predicted octanol–water partition coefficient (Wildman–Crippen LogP) is 3.33. The minimum Gasteiger partial charge on any atom is -0.490 e. The molecular formula is C19H23BrClN3O4. The highest BCUT2D eigenvalue weighted by molar-refractivity contribution is 9.10. The lowest BCUT2D eigenvalue weighted by Crippen LogP contribution is -2.22. The third kappa shape index (κ3) is 5.85.